The molecule has 0 saturated carbocycles. The summed E-state index contributed by atoms with van der Waals surface area (Å²) in [5, 5.41) is 21.1. The van der Waals surface area contributed by atoms with Crippen LogP contribution in [-0.2, 0) is 25.4 Å². The van der Waals surface area contributed by atoms with Gasteiger partial charge >= 0.3 is 17.9 Å². The molecule has 1 aromatic carbocycles. The standard InChI is InChI=1S/C19H22O9/c1-7(2)8-6-9-10(14(20)11(8)17(23)26-3)15(21)13(19(25)28-5)16(22)12(9)18(24)27-4/h7-8,11,21-22H,6H2,1-5H3. The number of phenols is 2. The third-order valence-corrected chi connectivity index (χ3v) is 5.04. The number of carbonyl (C=O) groups is 4. The highest BCUT2D eigenvalue weighted by molar-refractivity contribution is 6.16. The Kier molecular flexibility index (Phi) is 5.96. The second kappa shape index (κ2) is 7.87. The lowest BCUT2D eigenvalue weighted by Gasteiger charge is -2.34. The van der Waals surface area contributed by atoms with E-state index in [0.717, 1.165) is 21.3 Å². The molecule has 2 atom stereocenters. The van der Waals surface area contributed by atoms with Crippen LogP contribution < -0.4 is 0 Å². The Labute approximate surface area is 161 Å². The van der Waals surface area contributed by atoms with E-state index < -0.39 is 63.7 Å². The summed E-state index contributed by atoms with van der Waals surface area (Å²) in [5.41, 5.74) is -1.55. The molecule has 0 aliphatic heterocycles. The molecule has 1 aliphatic rings. The monoisotopic (exact) mass is 394 g/mol. The molecule has 1 aliphatic carbocycles. The summed E-state index contributed by atoms with van der Waals surface area (Å²) < 4.78 is 14.0. The van der Waals surface area contributed by atoms with Gasteiger partial charge in [0, 0.05) is 0 Å². The van der Waals surface area contributed by atoms with Crippen molar-refractivity contribution in [1.82, 2.24) is 0 Å². The van der Waals surface area contributed by atoms with Crippen LogP contribution >= 0.6 is 0 Å². The largest absolute Gasteiger partial charge is 0.506 e. The molecule has 9 heteroatoms. The minimum Gasteiger partial charge on any atom is -0.506 e. The molecule has 2 unspecified atom stereocenters. The molecule has 0 amide bonds. The van der Waals surface area contributed by atoms with Crippen molar-refractivity contribution in [1.29, 1.82) is 0 Å². The lowest BCUT2D eigenvalue weighted by molar-refractivity contribution is -0.146. The van der Waals surface area contributed by atoms with Crippen LogP contribution in [0.1, 0.15) is 50.5 Å². The Balaban J connectivity index is 2.92. The number of esters is 3. The molecular formula is C19H22O9. The predicted molar refractivity (Wildman–Crippen MR) is 94.3 cm³/mol. The normalized spacial score (nSPS) is 18.4. The molecule has 0 spiro atoms. The van der Waals surface area contributed by atoms with Gasteiger partial charge in [0.1, 0.15) is 28.5 Å². The summed E-state index contributed by atoms with van der Waals surface area (Å²) in [6, 6.07) is 0. The first kappa shape index (κ1) is 21.2. The van der Waals surface area contributed by atoms with Crippen LogP contribution in [0, 0.1) is 17.8 Å². The van der Waals surface area contributed by atoms with Crippen LogP contribution in [-0.4, -0.2) is 55.2 Å². The highest BCUT2D eigenvalue weighted by Crippen LogP contribution is 2.46. The van der Waals surface area contributed by atoms with Crippen LogP contribution in [0.3, 0.4) is 0 Å². The number of ketones is 1. The van der Waals surface area contributed by atoms with Crippen LogP contribution in [0.2, 0.25) is 0 Å². The Morgan fingerprint density at radius 3 is 1.93 bits per heavy atom. The third kappa shape index (κ3) is 3.17. The van der Waals surface area contributed by atoms with Crippen molar-refractivity contribution in [2.24, 2.45) is 17.8 Å². The number of rotatable bonds is 4. The fourth-order valence-electron chi connectivity index (χ4n) is 3.59. The van der Waals surface area contributed by atoms with E-state index in [4.69, 9.17) is 4.74 Å². The molecule has 0 heterocycles. The van der Waals surface area contributed by atoms with E-state index in [-0.39, 0.29) is 17.9 Å². The number of aromatic hydroxyl groups is 2. The van der Waals surface area contributed by atoms with Crippen molar-refractivity contribution >= 4 is 23.7 Å². The highest BCUT2D eigenvalue weighted by Gasteiger charge is 2.47. The van der Waals surface area contributed by atoms with Gasteiger partial charge in [-0.3, -0.25) is 9.59 Å². The molecule has 0 radical (unpaired) electrons. The average molecular weight is 394 g/mol. The van der Waals surface area contributed by atoms with Gasteiger partial charge < -0.3 is 24.4 Å². The summed E-state index contributed by atoms with van der Waals surface area (Å²) in [4.78, 5) is 49.8. The van der Waals surface area contributed by atoms with Gasteiger partial charge in [0.15, 0.2) is 5.78 Å². The Hall–Kier alpha value is -3.10. The number of Topliss-reactive ketones (excluding diaryl/α,β-unsaturated/α-hetero) is 1. The van der Waals surface area contributed by atoms with Crippen LogP contribution in [0.4, 0.5) is 0 Å². The van der Waals surface area contributed by atoms with E-state index in [1.807, 2.05) is 0 Å². The van der Waals surface area contributed by atoms with E-state index in [0.29, 0.717) is 0 Å². The van der Waals surface area contributed by atoms with Crippen molar-refractivity contribution < 1.29 is 43.6 Å². The molecule has 0 aromatic heterocycles. The molecule has 28 heavy (non-hydrogen) atoms. The fourth-order valence-corrected chi connectivity index (χ4v) is 3.59. The van der Waals surface area contributed by atoms with Crippen LogP contribution in [0.5, 0.6) is 11.5 Å². The van der Waals surface area contributed by atoms with E-state index in [1.54, 1.807) is 13.8 Å². The number of methoxy groups -OCH3 is 3. The first-order chi connectivity index (χ1) is 13.1. The van der Waals surface area contributed by atoms with Crippen LogP contribution in [0.15, 0.2) is 0 Å². The van der Waals surface area contributed by atoms with E-state index in [1.165, 1.54) is 0 Å². The lowest BCUT2D eigenvalue weighted by atomic mass is 9.68. The first-order valence-corrected chi connectivity index (χ1v) is 8.51. The Morgan fingerprint density at radius 2 is 1.46 bits per heavy atom. The number of ether oxygens (including phenoxy) is 3. The molecule has 0 saturated heterocycles. The zero-order valence-corrected chi connectivity index (χ0v) is 16.2. The van der Waals surface area contributed by atoms with Crippen LogP contribution in [0.25, 0.3) is 0 Å². The summed E-state index contributed by atoms with van der Waals surface area (Å²) in [6.45, 7) is 3.58. The van der Waals surface area contributed by atoms with Gasteiger partial charge in [-0.15, -0.1) is 0 Å². The fraction of sp³-hybridized carbons (Fsp3) is 0.474. The summed E-state index contributed by atoms with van der Waals surface area (Å²) in [5.74, 6) is -7.41. The third-order valence-electron chi connectivity index (χ3n) is 5.04. The summed E-state index contributed by atoms with van der Waals surface area (Å²) in [7, 11) is 3.21. The molecule has 152 valence electrons. The quantitative estimate of drug-likeness (QED) is 0.442. The maximum Gasteiger partial charge on any atom is 0.345 e. The molecule has 1 aromatic rings. The van der Waals surface area contributed by atoms with Gasteiger partial charge in [0.25, 0.3) is 0 Å². The van der Waals surface area contributed by atoms with Crippen molar-refractivity contribution in [3.05, 3.63) is 22.3 Å². The summed E-state index contributed by atoms with van der Waals surface area (Å²) >= 11 is 0. The maximum absolute atomic E-state index is 13.1. The zero-order valence-electron chi connectivity index (χ0n) is 16.2. The smallest absolute Gasteiger partial charge is 0.345 e. The SMILES string of the molecule is COC(=O)c1c(O)c(C(=O)OC)c2c(c1O)C(=O)C(C(=O)OC)C(C(C)C)C2. The molecular weight excluding hydrogens is 372 g/mol. The lowest BCUT2D eigenvalue weighted by Crippen LogP contribution is -2.41. The van der Waals surface area contributed by atoms with Crippen molar-refractivity contribution in [3.8, 4) is 11.5 Å². The molecule has 0 bridgehead atoms. The molecule has 9 nitrogen and oxygen atoms in total. The molecule has 0 fully saturated rings. The molecule has 2 rings (SSSR count). The Bertz CT molecular complexity index is 854. The second-order valence-electron chi connectivity index (χ2n) is 6.76. The van der Waals surface area contributed by atoms with Gasteiger partial charge in [-0.2, -0.15) is 0 Å². The minimum atomic E-state index is -1.23. The number of benzene rings is 1. The summed E-state index contributed by atoms with van der Waals surface area (Å²) in [6.07, 6.45) is 0.00547. The van der Waals surface area contributed by atoms with Crippen molar-refractivity contribution in [2.75, 3.05) is 21.3 Å². The van der Waals surface area contributed by atoms with Gasteiger partial charge in [0.05, 0.1) is 26.9 Å². The topological polar surface area (TPSA) is 136 Å². The maximum atomic E-state index is 13.1. The minimum absolute atomic E-state index is 0.00547. The molecule has 2 N–H and O–H groups in total. The number of carbonyl (C=O) groups excluding carboxylic acids is 4. The van der Waals surface area contributed by atoms with E-state index in [2.05, 4.69) is 9.47 Å². The number of hydrogen-bond donors (Lipinski definition) is 2. The van der Waals surface area contributed by atoms with Gasteiger partial charge in [-0.25, -0.2) is 9.59 Å². The Morgan fingerprint density at radius 1 is 0.929 bits per heavy atom. The zero-order chi connectivity index (χ0) is 21.3. The average Bonchev–Trinajstić information content (AvgIpc) is 2.66. The van der Waals surface area contributed by atoms with Gasteiger partial charge in [-0.1, -0.05) is 13.8 Å². The number of hydrogen-bond acceptors (Lipinski definition) is 9. The van der Waals surface area contributed by atoms with Crippen molar-refractivity contribution in [2.45, 2.75) is 20.3 Å². The second-order valence-corrected chi connectivity index (χ2v) is 6.76. The number of phenolic OH excluding ortho intramolecular Hbond substituents is 2. The van der Waals surface area contributed by atoms with Gasteiger partial charge in [0.2, 0.25) is 0 Å². The van der Waals surface area contributed by atoms with Gasteiger partial charge in [-0.05, 0) is 23.8 Å². The first-order valence-electron chi connectivity index (χ1n) is 8.51. The van der Waals surface area contributed by atoms with Crippen molar-refractivity contribution in [3.63, 3.8) is 0 Å². The number of fused-ring (bicyclic) bond motifs is 1. The van der Waals surface area contributed by atoms with E-state index >= 15 is 0 Å². The highest BCUT2D eigenvalue weighted by atomic mass is 16.5. The van der Waals surface area contributed by atoms with E-state index in [9.17, 15) is 29.4 Å². The predicted octanol–water partition coefficient (Wildman–Crippen LogP) is 1.47.